The number of amides is 4. The Morgan fingerprint density at radius 2 is 1.57 bits per heavy atom. The molecule has 3 rings (SSSR count). The molecule has 10 nitrogen and oxygen atoms in total. The summed E-state index contributed by atoms with van der Waals surface area (Å²) in [6.07, 6.45) is 3.23. The highest BCUT2D eigenvalue weighted by molar-refractivity contribution is 5.97. The van der Waals surface area contributed by atoms with Gasteiger partial charge in [0.1, 0.15) is 0 Å². The van der Waals surface area contributed by atoms with Crippen LogP contribution in [0.5, 0.6) is 0 Å². The number of nitrogens with zero attached hydrogens (tertiary/aromatic N) is 4. The molecule has 162 valence electrons. The van der Waals surface area contributed by atoms with Crippen molar-refractivity contribution in [2.45, 2.75) is 26.2 Å². The summed E-state index contributed by atoms with van der Waals surface area (Å²) in [7, 11) is 0. The maximum absolute atomic E-state index is 12.5. The van der Waals surface area contributed by atoms with Gasteiger partial charge in [-0.05, 0) is 32.3 Å². The third-order valence-electron chi connectivity index (χ3n) is 5.60. The highest BCUT2D eigenvalue weighted by Gasteiger charge is 2.28. The molecule has 1 aromatic carbocycles. The monoisotopic (exact) mass is 417 g/mol. The predicted molar refractivity (Wildman–Crippen MR) is 109 cm³/mol. The van der Waals surface area contributed by atoms with Gasteiger partial charge >= 0.3 is 6.03 Å². The molecule has 0 spiro atoms. The van der Waals surface area contributed by atoms with E-state index in [0.29, 0.717) is 31.7 Å². The molecule has 0 radical (unpaired) electrons. The molecule has 1 aromatic rings. The number of carbonyl (C=O) groups excluding carboxylic acids is 3. The summed E-state index contributed by atoms with van der Waals surface area (Å²) in [5, 5.41) is 13.6. The Labute approximate surface area is 174 Å². The number of likely N-dealkylation sites (tertiary alicyclic amines) is 1. The van der Waals surface area contributed by atoms with Crippen LogP contribution in [0.1, 0.15) is 35.2 Å². The number of aryl methyl sites for hydroxylation is 1. The van der Waals surface area contributed by atoms with Crippen molar-refractivity contribution in [1.82, 2.24) is 20.0 Å². The van der Waals surface area contributed by atoms with Gasteiger partial charge in [0.05, 0.1) is 11.5 Å². The van der Waals surface area contributed by atoms with Gasteiger partial charge < -0.3 is 20.0 Å². The predicted octanol–water partition coefficient (Wildman–Crippen LogP) is 1.38. The van der Waals surface area contributed by atoms with Gasteiger partial charge in [0.15, 0.2) is 0 Å². The molecule has 30 heavy (non-hydrogen) atoms. The second kappa shape index (κ2) is 9.55. The second-order valence-corrected chi connectivity index (χ2v) is 7.64. The minimum atomic E-state index is -0.540. The molecular formula is C20H27N5O5. The third-order valence-corrected chi connectivity index (χ3v) is 5.60. The Balaban J connectivity index is 1.47. The Morgan fingerprint density at radius 3 is 2.20 bits per heavy atom. The number of carbonyl (C=O) groups is 3. The number of hydrogen-bond donors (Lipinski definition) is 1. The van der Waals surface area contributed by atoms with Crippen molar-refractivity contribution in [1.29, 1.82) is 0 Å². The highest BCUT2D eigenvalue weighted by atomic mass is 16.6. The molecule has 2 fully saturated rings. The molecule has 2 aliphatic rings. The van der Waals surface area contributed by atoms with Crippen molar-refractivity contribution in [3.63, 3.8) is 0 Å². The minimum Gasteiger partial charge on any atom is -0.343 e. The normalized spacial score (nSPS) is 16.9. The fourth-order valence-corrected chi connectivity index (χ4v) is 3.75. The Morgan fingerprint density at radius 1 is 0.967 bits per heavy atom. The number of piperazine rings is 1. The first-order chi connectivity index (χ1) is 14.4. The highest BCUT2D eigenvalue weighted by Crippen LogP contribution is 2.19. The summed E-state index contributed by atoms with van der Waals surface area (Å²) in [5.74, 6) is -0.777. The second-order valence-electron chi connectivity index (χ2n) is 7.64. The smallest absolute Gasteiger partial charge is 0.320 e. The van der Waals surface area contributed by atoms with Crippen molar-refractivity contribution < 1.29 is 19.3 Å². The average molecular weight is 417 g/mol. The topological polar surface area (TPSA) is 116 Å². The van der Waals surface area contributed by atoms with E-state index in [1.54, 1.807) is 16.7 Å². The SMILES string of the molecule is Cc1ccc(C(=O)NCC(=O)N2CCN(C(=O)N3CCCCC3)CC2)cc1[N+](=O)[O-]. The van der Waals surface area contributed by atoms with E-state index in [-0.39, 0.29) is 29.7 Å². The van der Waals surface area contributed by atoms with Gasteiger partial charge in [-0.1, -0.05) is 6.07 Å². The van der Waals surface area contributed by atoms with E-state index >= 15 is 0 Å². The Kier molecular flexibility index (Phi) is 6.86. The number of urea groups is 1. The first kappa shape index (κ1) is 21.5. The van der Waals surface area contributed by atoms with E-state index < -0.39 is 10.8 Å². The van der Waals surface area contributed by atoms with Crippen molar-refractivity contribution in [2.24, 2.45) is 0 Å². The number of piperidine rings is 1. The lowest BCUT2D eigenvalue weighted by Gasteiger charge is -2.38. The number of rotatable bonds is 4. The third kappa shape index (κ3) is 5.05. The molecule has 2 aliphatic heterocycles. The summed E-state index contributed by atoms with van der Waals surface area (Å²) in [6, 6.07) is 4.25. The summed E-state index contributed by atoms with van der Waals surface area (Å²) < 4.78 is 0. The largest absolute Gasteiger partial charge is 0.343 e. The van der Waals surface area contributed by atoms with Crippen molar-refractivity contribution >= 4 is 23.5 Å². The summed E-state index contributed by atoms with van der Waals surface area (Å²) in [4.78, 5) is 53.0. The Hall–Kier alpha value is -3.17. The maximum atomic E-state index is 12.5. The maximum Gasteiger partial charge on any atom is 0.320 e. The first-order valence-corrected chi connectivity index (χ1v) is 10.2. The summed E-state index contributed by atoms with van der Waals surface area (Å²) >= 11 is 0. The zero-order valence-electron chi connectivity index (χ0n) is 17.1. The molecule has 2 saturated heterocycles. The fraction of sp³-hybridized carbons (Fsp3) is 0.550. The molecule has 2 heterocycles. The lowest BCUT2D eigenvalue weighted by atomic mass is 10.1. The molecule has 1 N–H and O–H groups in total. The number of hydrogen-bond acceptors (Lipinski definition) is 5. The van der Waals surface area contributed by atoms with E-state index in [2.05, 4.69) is 5.32 Å². The quantitative estimate of drug-likeness (QED) is 0.587. The fourth-order valence-electron chi connectivity index (χ4n) is 3.75. The molecule has 0 unspecified atom stereocenters. The number of nitro groups is 1. The summed E-state index contributed by atoms with van der Waals surface area (Å²) in [6.45, 7) is 4.77. The van der Waals surface area contributed by atoms with Crippen LogP contribution in [0.2, 0.25) is 0 Å². The molecule has 0 aliphatic carbocycles. The van der Waals surface area contributed by atoms with E-state index in [1.165, 1.54) is 18.2 Å². The number of nitrogens with one attached hydrogen (secondary N) is 1. The van der Waals surface area contributed by atoms with Gasteiger partial charge in [0, 0.05) is 56.5 Å². The van der Waals surface area contributed by atoms with Crippen LogP contribution in [-0.2, 0) is 4.79 Å². The Bertz CT molecular complexity index is 829. The van der Waals surface area contributed by atoms with Gasteiger partial charge in [-0.2, -0.15) is 0 Å². The standard InChI is InChI=1S/C20H27N5O5/c1-15-5-6-16(13-17(15)25(29)30)19(27)21-14-18(26)22-9-11-24(12-10-22)20(28)23-7-3-2-4-8-23/h5-6,13H,2-4,7-12,14H2,1H3,(H,21,27). The minimum absolute atomic E-state index is 0.0380. The summed E-state index contributed by atoms with van der Waals surface area (Å²) in [5.41, 5.74) is 0.463. The molecule has 4 amide bonds. The molecular weight excluding hydrogens is 390 g/mol. The number of benzene rings is 1. The van der Waals surface area contributed by atoms with Gasteiger partial charge in [-0.25, -0.2) is 4.79 Å². The van der Waals surface area contributed by atoms with Crippen LogP contribution in [-0.4, -0.2) is 83.3 Å². The van der Waals surface area contributed by atoms with Crippen LogP contribution < -0.4 is 5.32 Å². The van der Waals surface area contributed by atoms with E-state index in [0.717, 1.165) is 32.4 Å². The van der Waals surface area contributed by atoms with Crippen LogP contribution in [0.25, 0.3) is 0 Å². The van der Waals surface area contributed by atoms with Crippen LogP contribution >= 0.6 is 0 Å². The molecule has 0 saturated carbocycles. The lowest BCUT2D eigenvalue weighted by molar-refractivity contribution is -0.385. The first-order valence-electron chi connectivity index (χ1n) is 10.2. The van der Waals surface area contributed by atoms with Crippen molar-refractivity contribution in [2.75, 3.05) is 45.8 Å². The average Bonchev–Trinajstić information content (AvgIpc) is 2.77. The van der Waals surface area contributed by atoms with E-state index in [4.69, 9.17) is 0 Å². The van der Waals surface area contributed by atoms with Crippen LogP contribution in [0.4, 0.5) is 10.5 Å². The van der Waals surface area contributed by atoms with E-state index in [9.17, 15) is 24.5 Å². The van der Waals surface area contributed by atoms with Crippen LogP contribution in [0.3, 0.4) is 0 Å². The molecule has 0 aromatic heterocycles. The van der Waals surface area contributed by atoms with Gasteiger partial charge in [0.2, 0.25) is 5.91 Å². The lowest BCUT2D eigenvalue weighted by Crippen LogP contribution is -2.55. The molecule has 0 bridgehead atoms. The zero-order chi connectivity index (χ0) is 21.7. The molecule has 0 atom stereocenters. The molecule has 10 heteroatoms. The van der Waals surface area contributed by atoms with Gasteiger partial charge in [0.25, 0.3) is 11.6 Å². The van der Waals surface area contributed by atoms with Gasteiger partial charge in [-0.15, -0.1) is 0 Å². The van der Waals surface area contributed by atoms with Gasteiger partial charge in [-0.3, -0.25) is 19.7 Å². The number of nitro benzene ring substituents is 1. The van der Waals surface area contributed by atoms with Crippen LogP contribution in [0.15, 0.2) is 18.2 Å². The van der Waals surface area contributed by atoms with Crippen LogP contribution in [0, 0.1) is 17.0 Å². The zero-order valence-corrected chi connectivity index (χ0v) is 17.1. The van der Waals surface area contributed by atoms with Crippen molar-refractivity contribution in [3.8, 4) is 0 Å². The van der Waals surface area contributed by atoms with E-state index in [1.807, 2.05) is 4.90 Å². The van der Waals surface area contributed by atoms with Crippen molar-refractivity contribution in [3.05, 3.63) is 39.4 Å².